The summed E-state index contributed by atoms with van der Waals surface area (Å²) in [6, 6.07) is 3.34. The van der Waals surface area contributed by atoms with Crippen LogP contribution in [0.5, 0.6) is 0 Å². The van der Waals surface area contributed by atoms with E-state index in [4.69, 9.17) is 5.11 Å². The Balaban J connectivity index is 2.56. The van der Waals surface area contributed by atoms with Crippen LogP contribution in [0.25, 0.3) is 0 Å². The molecule has 0 aliphatic carbocycles. The molecule has 0 unspecified atom stereocenters. The Labute approximate surface area is 75.2 Å². The van der Waals surface area contributed by atoms with Crippen LogP contribution < -0.4 is 5.32 Å². The largest absolute Gasteiger partial charge is 0.396 e. The summed E-state index contributed by atoms with van der Waals surface area (Å²) >= 11 is 0. The molecule has 0 saturated heterocycles. The van der Waals surface area contributed by atoms with Crippen molar-refractivity contribution in [2.75, 3.05) is 18.5 Å². The van der Waals surface area contributed by atoms with Crippen molar-refractivity contribution in [1.29, 1.82) is 0 Å². The van der Waals surface area contributed by atoms with Gasteiger partial charge in [-0.05, 0) is 18.6 Å². The number of hydrogen-bond acceptors (Lipinski definition) is 2. The van der Waals surface area contributed by atoms with Crippen LogP contribution in [0.3, 0.4) is 0 Å². The Morgan fingerprint density at radius 3 is 2.69 bits per heavy atom. The predicted octanol–water partition coefficient (Wildman–Crippen LogP) is 1.76. The van der Waals surface area contributed by atoms with E-state index in [2.05, 4.69) is 5.32 Å². The predicted molar refractivity (Wildman–Crippen MR) is 46.6 cm³/mol. The zero-order chi connectivity index (χ0) is 9.68. The summed E-state index contributed by atoms with van der Waals surface area (Å²) in [5, 5.41) is 11.2. The second-order valence-electron chi connectivity index (χ2n) is 2.63. The zero-order valence-corrected chi connectivity index (χ0v) is 7.06. The molecule has 1 aromatic rings. The fourth-order valence-corrected chi connectivity index (χ4v) is 0.935. The van der Waals surface area contributed by atoms with Crippen LogP contribution in [-0.4, -0.2) is 18.3 Å². The minimum atomic E-state index is -0.613. The monoisotopic (exact) mass is 187 g/mol. The van der Waals surface area contributed by atoms with Crippen LogP contribution in [0.1, 0.15) is 6.42 Å². The van der Waals surface area contributed by atoms with Gasteiger partial charge < -0.3 is 10.4 Å². The first-order valence-corrected chi connectivity index (χ1v) is 4.04. The Morgan fingerprint density at radius 1 is 1.31 bits per heavy atom. The van der Waals surface area contributed by atoms with Crippen LogP contribution in [-0.2, 0) is 0 Å². The van der Waals surface area contributed by atoms with Gasteiger partial charge in [-0.2, -0.15) is 0 Å². The van der Waals surface area contributed by atoms with E-state index in [0.717, 1.165) is 6.07 Å². The summed E-state index contributed by atoms with van der Waals surface area (Å²) in [5.74, 6) is -1.21. The number of hydrogen-bond donors (Lipinski definition) is 2. The minimum absolute atomic E-state index is 0.0514. The normalized spacial score (nSPS) is 10.1. The molecule has 0 aliphatic rings. The molecule has 0 fully saturated rings. The maximum Gasteiger partial charge on any atom is 0.149 e. The Bertz CT molecular complexity index is 278. The van der Waals surface area contributed by atoms with Crippen molar-refractivity contribution in [3.63, 3.8) is 0 Å². The van der Waals surface area contributed by atoms with Gasteiger partial charge in [-0.1, -0.05) is 0 Å². The lowest BCUT2D eigenvalue weighted by molar-refractivity contribution is 0.292. The van der Waals surface area contributed by atoms with E-state index in [1.807, 2.05) is 0 Å². The molecule has 0 atom stereocenters. The third-order valence-electron chi connectivity index (χ3n) is 1.58. The first-order chi connectivity index (χ1) is 6.24. The summed E-state index contributed by atoms with van der Waals surface area (Å²) in [6.45, 7) is 0.523. The fourth-order valence-electron chi connectivity index (χ4n) is 0.935. The smallest absolute Gasteiger partial charge is 0.149 e. The van der Waals surface area contributed by atoms with E-state index in [-0.39, 0.29) is 12.3 Å². The van der Waals surface area contributed by atoms with Gasteiger partial charge >= 0.3 is 0 Å². The molecule has 13 heavy (non-hydrogen) atoms. The number of benzene rings is 1. The quantitative estimate of drug-likeness (QED) is 0.704. The molecule has 4 heteroatoms. The highest BCUT2D eigenvalue weighted by Gasteiger charge is 2.01. The number of rotatable bonds is 4. The molecule has 0 spiro atoms. The third kappa shape index (κ3) is 2.99. The number of aliphatic hydroxyl groups excluding tert-OH is 1. The number of aliphatic hydroxyl groups is 1. The Hall–Kier alpha value is -1.16. The average molecular weight is 187 g/mol. The van der Waals surface area contributed by atoms with Gasteiger partial charge in [-0.3, -0.25) is 0 Å². The standard InChI is InChI=1S/C9H11F2NO/c10-7-2-3-9(8(11)6-7)12-4-1-5-13/h2-3,6,12-13H,1,4-5H2. The number of nitrogens with one attached hydrogen (secondary N) is 1. The molecule has 0 bridgehead atoms. The lowest BCUT2D eigenvalue weighted by Crippen LogP contribution is -2.05. The molecule has 2 nitrogen and oxygen atoms in total. The second-order valence-corrected chi connectivity index (χ2v) is 2.63. The van der Waals surface area contributed by atoms with Gasteiger partial charge in [-0.25, -0.2) is 8.78 Å². The molecule has 1 aromatic carbocycles. The van der Waals surface area contributed by atoms with Gasteiger partial charge in [0.1, 0.15) is 11.6 Å². The highest BCUT2D eigenvalue weighted by molar-refractivity contribution is 5.44. The summed E-state index contributed by atoms with van der Waals surface area (Å²) < 4.78 is 25.3. The molecule has 72 valence electrons. The molecule has 0 heterocycles. The summed E-state index contributed by atoms with van der Waals surface area (Å²) in [6.07, 6.45) is 0.539. The molecule has 0 aliphatic heterocycles. The zero-order valence-electron chi connectivity index (χ0n) is 7.06. The third-order valence-corrected chi connectivity index (χ3v) is 1.58. The second kappa shape index (κ2) is 4.77. The van der Waals surface area contributed by atoms with Crippen molar-refractivity contribution < 1.29 is 13.9 Å². The van der Waals surface area contributed by atoms with E-state index in [0.29, 0.717) is 13.0 Å². The highest BCUT2D eigenvalue weighted by Crippen LogP contribution is 2.14. The van der Waals surface area contributed by atoms with Gasteiger partial charge in [-0.15, -0.1) is 0 Å². The summed E-state index contributed by atoms with van der Waals surface area (Å²) in [7, 11) is 0. The lowest BCUT2D eigenvalue weighted by Gasteiger charge is -2.05. The van der Waals surface area contributed by atoms with Crippen LogP contribution in [0, 0.1) is 11.6 Å². The molecule has 2 N–H and O–H groups in total. The van der Waals surface area contributed by atoms with Gasteiger partial charge in [0.25, 0.3) is 0 Å². The van der Waals surface area contributed by atoms with Crippen LogP contribution >= 0.6 is 0 Å². The maximum absolute atomic E-state index is 12.9. The van der Waals surface area contributed by atoms with Crippen molar-refractivity contribution in [1.82, 2.24) is 0 Å². The van der Waals surface area contributed by atoms with E-state index >= 15 is 0 Å². The summed E-state index contributed by atoms with van der Waals surface area (Å²) in [4.78, 5) is 0. The Morgan fingerprint density at radius 2 is 2.08 bits per heavy atom. The van der Waals surface area contributed by atoms with Crippen molar-refractivity contribution >= 4 is 5.69 Å². The Kier molecular flexibility index (Phi) is 3.64. The van der Waals surface area contributed by atoms with Crippen molar-refractivity contribution in [3.8, 4) is 0 Å². The van der Waals surface area contributed by atoms with Crippen LogP contribution in [0.4, 0.5) is 14.5 Å². The van der Waals surface area contributed by atoms with E-state index < -0.39 is 11.6 Å². The van der Waals surface area contributed by atoms with E-state index in [1.54, 1.807) is 0 Å². The van der Waals surface area contributed by atoms with Crippen LogP contribution in [0.2, 0.25) is 0 Å². The number of halogens is 2. The van der Waals surface area contributed by atoms with Crippen molar-refractivity contribution in [2.45, 2.75) is 6.42 Å². The van der Waals surface area contributed by atoms with Crippen molar-refractivity contribution in [3.05, 3.63) is 29.8 Å². The molecule has 0 saturated carbocycles. The molecular weight excluding hydrogens is 176 g/mol. The van der Waals surface area contributed by atoms with E-state index in [9.17, 15) is 8.78 Å². The maximum atomic E-state index is 12.9. The molecule has 0 radical (unpaired) electrons. The van der Waals surface area contributed by atoms with E-state index in [1.165, 1.54) is 12.1 Å². The highest BCUT2D eigenvalue weighted by atomic mass is 19.1. The van der Waals surface area contributed by atoms with Crippen molar-refractivity contribution in [2.24, 2.45) is 0 Å². The molecule has 0 amide bonds. The lowest BCUT2D eigenvalue weighted by atomic mass is 10.3. The number of anilines is 1. The topological polar surface area (TPSA) is 32.3 Å². The molecular formula is C9H11F2NO. The minimum Gasteiger partial charge on any atom is -0.396 e. The fraction of sp³-hybridized carbons (Fsp3) is 0.333. The summed E-state index contributed by atoms with van der Waals surface area (Å²) in [5.41, 5.74) is 0.259. The van der Waals surface area contributed by atoms with Gasteiger partial charge in [0.15, 0.2) is 0 Å². The van der Waals surface area contributed by atoms with Gasteiger partial charge in [0.2, 0.25) is 0 Å². The van der Waals surface area contributed by atoms with Crippen LogP contribution in [0.15, 0.2) is 18.2 Å². The van der Waals surface area contributed by atoms with Gasteiger partial charge in [0.05, 0.1) is 5.69 Å². The van der Waals surface area contributed by atoms with Gasteiger partial charge in [0, 0.05) is 19.2 Å². The average Bonchev–Trinajstić information content (AvgIpc) is 2.09. The molecule has 1 rings (SSSR count). The first kappa shape index (κ1) is 9.92. The first-order valence-electron chi connectivity index (χ1n) is 4.04. The SMILES string of the molecule is OCCCNc1ccc(F)cc1F. The molecule has 0 aromatic heterocycles.